The van der Waals surface area contributed by atoms with E-state index in [1.165, 1.54) is 16.7 Å². The second kappa shape index (κ2) is 5.44. The predicted octanol–water partition coefficient (Wildman–Crippen LogP) is 4.17. The molecule has 0 fully saturated rings. The molecule has 2 rings (SSSR count). The zero-order valence-electron chi connectivity index (χ0n) is 10.3. The molecule has 0 bridgehead atoms. The number of pyridine rings is 1. The SMILES string of the molecule is CC(C)/C=C(\c1ccccc1)c1cccnc1. The van der Waals surface area contributed by atoms with E-state index in [1.54, 1.807) is 0 Å². The van der Waals surface area contributed by atoms with Crippen LogP contribution in [0.3, 0.4) is 0 Å². The Labute approximate surface area is 103 Å². The van der Waals surface area contributed by atoms with E-state index < -0.39 is 0 Å². The van der Waals surface area contributed by atoms with Crippen molar-refractivity contribution in [2.45, 2.75) is 13.8 Å². The van der Waals surface area contributed by atoms with Gasteiger partial charge in [-0.25, -0.2) is 0 Å². The van der Waals surface area contributed by atoms with Gasteiger partial charge in [-0.05, 0) is 23.1 Å². The van der Waals surface area contributed by atoms with Crippen LogP contribution in [0, 0.1) is 5.92 Å². The van der Waals surface area contributed by atoms with E-state index in [4.69, 9.17) is 0 Å². The highest BCUT2D eigenvalue weighted by molar-refractivity contribution is 5.79. The van der Waals surface area contributed by atoms with Crippen molar-refractivity contribution < 1.29 is 0 Å². The van der Waals surface area contributed by atoms with Crippen LogP contribution in [0.5, 0.6) is 0 Å². The smallest absolute Gasteiger partial charge is 0.0346 e. The average Bonchev–Trinajstić information content (AvgIpc) is 2.38. The Kier molecular flexibility index (Phi) is 3.71. The first kappa shape index (κ1) is 11.6. The van der Waals surface area contributed by atoms with Gasteiger partial charge in [0.15, 0.2) is 0 Å². The van der Waals surface area contributed by atoms with Crippen molar-refractivity contribution >= 4 is 5.57 Å². The number of nitrogens with zero attached hydrogens (tertiary/aromatic N) is 1. The minimum Gasteiger partial charge on any atom is -0.264 e. The van der Waals surface area contributed by atoms with Gasteiger partial charge in [-0.2, -0.15) is 0 Å². The van der Waals surface area contributed by atoms with E-state index in [0.717, 1.165) is 0 Å². The molecule has 0 unspecified atom stereocenters. The molecule has 0 aliphatic rings. The van der Waals surface area contributed by atoms with Crippen molar-refractivity contribution in [3.05, 3.63) is 72.1 Å². The Hall–Kier alpha value is -1.89. The highest BCUT2D eigenvalue weighted by atomic mass is 14.6. The Balaban J connectivity index is 2.47. The molecule has 1 aromatic heterocycles. The third-order valence-electron chi connectivity index (χ3n) is 2.56. The zero-order chi connectivity index (χ0) is 12.1. The van der Waals surface area contributed by atoms with Crippen LogP contribution in [0.15, 0.2) is 60.9 Å². The molecular weight excluding hydrogens is 206 g/mol. The number of aromatic nitrogens is 1. The molecule has 0 saturated carbocycles. The number of rotatable bonds is 3. The van der Waals surface area contributed by atoms with Crippen LogP contribution in [0.25, 0.3) is 5.57 Å². The van der Waals surface area contributed by atoms with Gasteiger partial charge < -0.3 is 0 Å². The summed E-state index contributed by atoms with van der Waals surface area (Å²) in [7, 11) is 0. The summed E-state index contributed by atoms with van der Waals surface area (Å²) in [5.41, 5.74) is 3.68. The lowest BCUT2D eigenvalue weighted by atomic mass is 9.96. The molecule has 0 N–H and O–H groups in total. The van der Waals surface area contributed by atoms with Crippen LogP contribution in [0.4, 0.5) is 0 Å². The zero-order valence-corrected chi connectivity index (χ0v) is 10.3. The van der Waals surface area contributed by atoms with E-state index in [2.05, 4.69) is 55.2 Å². The second-order valence-electron chi connectivity index (χ2n) is 4.43. The quantitative estimate of drug-likeness (QED) is 0.761. The summed E-state index contributed by atoms with van der Waals surface area (Å²) in [6.07, 6.45) is 6.01. The van der Waals surface area contributed by atoms with E-state index >= 15 is 0 Å². The summed E-state index contributed by atoms with van der Waals surface area (Å²) in [6, 6.07) is 14.5. The van der Waals surface area contributed by atoms with E-state index in [0.29, 0.717) is 5.92 Å². The van der Waals surface area contributed by atoms with Crippen molar-refractivity contribution in [3.8, 4) is 0 Å². The largest absolute Gasteiger partial charge is 0.264 e. The third-order valence-corrected chi connectivity index (χ3v) is 2.56. The maximum Gasteiger partial charge on any atom is 0.0346 e. The van der Waals surface area contributed by atoms with E-state index in [1.807, 2.05) is 24.5 Å². The molecule has 1 heterocycles. The number of hydrogen-bond acceptors (Lipinski definition) is 1. The second-order valence-corrected chi connectivity index (χ2v) is 4.43. The van der Waals surface area contributed by atoms with Gasteiger partial charge in [-0.1, -0.05) is 56.3 Å². The molecule has 0 aliphatic carbocycles. The fourth-order valence-corrected chi connectivity index (χ4v) is 1.83. The first-order valence-corrected chi connectivity index (χ1v) is 5.95. The maximum atomic E-state index is 4.20. The van der Waals surface area contributed by atoms with Gasteiger partial charge >= 0.3 is 0 Å². The maximum absolute atomic E-state index is 4.20. The van der Waals surface area contributed by atoms with Gasteiger partial charge in [0.25, 0.3) is 0 Å². The lowest BCUT2D eigenvalue weighted by Gasteiger charge is -2.09. The topological polar surface area (TPSA) is 12.9 Å². The molecule has 0 radical (unpaired) electrons. The standard InChI is InChI=1S/C16H17N/c1-13(2)11-16(14-7-4-3-5-8-14)15-9-6-10-17-12-15/h3-13H,1-2H3/b16-11+. The molecular formula is C16H17N. The average molecular weight is 223 g/mol. The third kappa shape index (κ3) is 3.04. The molecule has 0 amide bonds. The van der Waals surface area contributed by atoms with Gasteiger partial charge in [0, 0.05) is 18.0 Å². The summed E-state index contributed by atoms with van der Waals surface area (Å²) in [5.74, 6) is 0.519. The summed E-state index contributed by atoms with van der Waals surface area (Å²) in [5, 5.41) is 0. The molecule has 1 aromatic carbocycles. The van der Waals surface area contributed by atoms with Crippen molar-refractivity contribution in [3.63, 3.8) is 0 Å². The highest BCUT2D eigenvalue weighted by Gasteiger charge is 2.05. The lowest BCUT2D eigenvalue weighted by Crippen LogP contribution is -1.91. The van der Waals surface area contributed by atoms with Crippen molar-refractivity contribution in [1.82, 2.24) is 4.98 Å². The van der Waals surface area contributed by atoms with Crippen LogP contribution < -0.4 is 0 Å². The van der Waals surface area contributed by atoms with Crippen molar-refractivity contribution in [1.29, 1.82) is 0 Å². The molecule has 1 nitrogen and oxygen atoms in total. The first-order chi connectivity index (χ1) is 8.27. The van der Waals surface area contributed by atoms with E-state index in [-0.39, 0.29) is 0 Å². The summed E-state index contributed by atoms with van der Waals surface area (Å²) < 4.78 is 0. The van der Waals surface area contributed by atoms with Gasteiger partial charge in [0.1, 0.15) is 0 Å². The molecule has 0 aliphatic heterocycles. The molecule has 0 saturated heterocycles. The fraction of sp³-hybridized carbons (Fsp3) is 0.188. The van der Waals surface area contributed by atoms with Crippen LogP contribution in [0.1, 0.15) is 25.0 Å². The molecule has 17 heavy (non-hydrogen) atoms. The molecule has 0 spiro atoms. The molecule has 0 atom stereocenters. The van der Waals surface area contributed by atoms with Crippen LogP contribution in [-0.2, 0) is 0 Å². The van der Waals surface area contributed by atoms with Crippen LogP contribution in [0.2, 0.25) is 0 Å². The number of hydrogen-bond donors (Lipinski definition) is 0. The predicted molar refractivity (Wildman–Crippen MR) is 72.6 cm³/mol. The first-order valence-electron chi connectivity index (χ1n) is 5.95. The molecule has 86 valence electrons. The summed E-state index contributed by atoms with van der Waals surface area (Å²) in [6.45, 7) is 4.39. The highest BCUT2D eigenvalue weighted by Crippen LogP contribution is 2.24. The Morgan fingerprint density at radius 3 is 2.29 bits per heavy atom. The Morgan fingerprint density at radius 2 is 1.71 bits per heavy atom. The van der Waals surface area contributed by atoms with Crippen LogP contribution >= 0.6 is 0 Å². The summed E-state index contributed by atoms with van der Waals surface area (Å²) in [4.78, 5) is 4.20. The Bertz CT molecular complexity index is 442. The molecule has 2 aromatic rings. The van der Waals surface area contributed by atoms with Gasteiger partial charge in [-0.3, -0.25) is 4.98 Å². The summed E-state index contributed by atoms with van der Waals surface area (Å²) >= 11 is 0. The van der Waals surface area contributed by atoms with Gasteiger partial charge in [0.2, 0.25) is 0 Å². The van der Waals surface area contributed by atoms with E-state index in [9.17, 15) is 0 Å². The van der Waals surface area contributed by atoms with Crippen molar-refractivity contribution in [2.75, 3.05) is 0 Å². The fourth-order valence-electron chi connectivity index (χ4n) is 1.83. The lowest BCUT2D eigenvalue weighted by molar-refractivity contribution is 0.833. The normalized spacial score (nSPS) is 11.8. The van der Waals surface area contributed by atoms with Crippen LogP contribution in [-0.4, -0.2) is 4.98 Å². The monoisotopic (exact) mass is 223 g/mol. The molecule has 1 heteroatoms. The van der Waals surface area contributed by atoms with Gasteiger partial charge in [0.05, 0.1) is 0 Å². The van der Waals surface area contributed by atoms with Gasteiger partial charge in [-0.15, -0.1) is 0 Å². The van der Waals surface area contributed by atoms with Crippen molar-refractivity contribution in [2.24, 2.45) is 5.92 Å². The minimum atomic E-state index is 0.519. The Morgan fingerprint density at radius 1 is 1.00 bits per heavy atom. The minimum absolute atomic E-state index is 0.519. The number of benzene rings is 1. The number of allylic oxidation sites excluding steroid dienone is 1.